The average molecular weight is 367 g/mol. The van der Waals surface area contributed by atoms with E-state index in [1.54, 1.807) is 0 Å². The summed E-state index contributed by atoms with van der Waals surface area (Å²) in [4.78, 5) is 16.9. The van der Waals surface area contributed by atoms with Crippen LogP contribution in [0.5, 0.6) is 0 Å². The standard InChI is InChI=1S/C22H30N4O/c1-3-25(4-2)22(27)18-10-8-17(9-11-18)21(26-14-12-24-13-15-26)19-6-5-7-20(23)16-19/h5-11,16,21,24H,3-4,12-15,23H2,1-2H3/t21-/m0/s1. The second-order valence-corrected chi connectivity index (χ2v) is 6.96. The number of carbonyl (C=O) groups is 1. The van der Waals surface area contributed by atoms with Crippen molar-refractivity contribution in [3.63, 3.8) is 0 Å². The number of nitrogens with one attached hydrogen (secondary N) is 1. The minimum Gasteiger partial charge on any atom is -0.399 e. The first-order chi connectivity index (χ1) is 13.1. The number of carbonyl (C=O) groups excluding carboxylic acids is 1. The van der Waals surface area contributed by atoms with Gasteiger partial charge in [-0.15, -0.1) is 0 Å². The molecule has 0 spiro atoms. The van der Waals surface area contributed by atoms with Crippen LogP contribution in [-0.4, -0.2) is 55.0 Å². The van der Waals surface area contributed by atoms with Crippen LogP contribution < -0.4 is 11.1 Å². The van der Waals surface area contributed by atoms with E-state index >= 15 is 0 Å². The van der Waals surface area contributed by atoms with E-state index in [4.69, 9.17) is 5.73 Å². The fourth-order valence-electron chi connectivity index (χ4n) is 3.78. The molecule has 1 fully saturated rings. The smallest absolute Gasteiger partial charge is 0.253 e. The minimum absolute atomic E-state index is 0.0919. The molecule has 144 valence electrons. The van der Waals surface area contributed by atoms with Gasteiger partial charge in [0, 0.05) is 50.5 Å². The van der Waals surface area contributed by atoms with E-state index in [1.165, 1.54) is 11.1 Å². The largest absolute Gasteiger partial charge is 0.399 e. The third-order valence-corrected chi connectivity index (χ3v) is 5.27. The zero-order valence-electron chi connectivity index (χ0n) is 16.3. The topological polar surface area (TPSA) is 61.6 Å². The third kappa shape index (κ3) is 4.49. The molecule has 1 amide bonds. The van der Waals surface area contributed by atoms with Crippen molar-refractivity contribution in [2.24, 2.45) is 0 Å². The number of nitrogen functional groups attached to an aromatic ring is 1. The van der Waals surface area contributed by atoms with Gasteiger partial charge in [-0.05, 0) is 49.2 Å². The van der Waals surface area contributed by atoms with Gasteiger partial charge < -0.3 is 16.0 Å². The van der Waals surface area contributed by atoms with Gasteiger partial charge in [0.2, 0.25) is 0 Å². The van der Waals surface area contributed by atoms with Crippen LogP contribution in [-0.2, 0) is 0 Å². The molecule has 2 aromatic rings. The quantitative estimate of drug-likeness (QED) is 0.772. The van der Waals surface area contributed by atoms with E-state index in [0.29, 0.717) is 0 Å². The molecular formula is C22H30N4O. The average Bonchev–Trinajstić information content (AvgIpc) is 2.70. The molecule has 0 bridgehead atoms. The SMILES string of the molecule is CCN(CC)C(=O)c1ccc([C@@H](c2cccc(N)c2)N2CCNCC2)cc1. The normalized spacial score (nSPS) is 16.1. The number of rotatable bonds is 6. The Balaban J connectivity index is 1.91. The lowest BCUT2D eigenvalue weighted by Crippen LogP contribution is -2.45. The maximum absolute atomic E-state index is 12.6. The van der Waals surface area contributed by atoms with Crippen LogP contribution in [0.15, 0.2) is 48.5 Å². The number of nitrogens with zero attached hydrogens (tertiary/aromatic N) is 2. The van der Waals surface area contributed by atoms with Crippen LogP contribution in [0.25, 0.3) is 0 Å². The number of hydrogen-bond donors (Lipinski definition) is 2. The highest BCUT2D eigenvalue weighted by atomic mass is 16.2. The Morgan fingerprint density at radius 2 is 1.74 bits per heavy atom. The molecule has 1 saturated heterocycles. The molecular weight excluding hydrogens is 336 g/mol. The Kier molecular flexibility index (Phi) is 6.48. The second-order valence-electron chi connectivity index (χ2n) is 6.96. The van der Waals surface area contributed by atoms with E-state index in [2.05, 4.69) is 34.5 Å². The number of nitrogens with two attached hydrogens (primary N) is 1. The van der Waals surface area contributed by atoms with Crippen LogP contribution in [0, 0.1) is 0 Å². The number of anilines is 1. The zero-order chi connectivity index (χ0) is 19.2. The van der Waals surface area contributed by atoms with Gasteiger partial charge in [0.15, 0.2) is 0 Å². The Hall–Kier alpha value is -2.37. The van der Waals surface area contributed by atoms with Crippen molar-refractivity contribution in [2.45, 2.75) is 19.9 Å². The summed E-state index contributed by atoms with van der Waals surface area (Å²) >= 11 is 0. The Labute approximate surface area is 162 Å². The summed E-state index contributed by atoms with van der Waals surface area (Å²) in [7, 11) is 0. The van der Waals surface area contributed by atoms with Gasteiger partial charge in [0.05, 0.1) is 6.04 Å². The van der Waals surface area contributed by atoms with Crippen molar-refractivity contribution >= 4 is 11.6 Å². The maximum atomic E-state index is 12.6. The molecule has 3 N–H and O–H groups in total. The van der Waals surface area contributed by atoms with Gasteiger partial charge in [-0.1, -0.05) is 24.3 Å². The summed E-state index contributed by atoms with van der Waals surface area (Å²) in [5.74, 6) is 0.0919. The highest BCUT2D eigenvalue weighted by Gasteiger charge is 2.24. The first kappa shape index (κ1) is 19.4. The Bertz CT molecular complexity index is 749. The molecule has 1 atom stereocenters. The van der Waals surface area contributed by atoms with E-state index in [-0.39, 0.29) is 11.9 Å². The van der Waals surface area contributed by atoms with Crippen LogP contribution in [0.4, 0.5) is 5.69 Å². The molecule has 1 aliphatic heterocycles. The second kappa shape index (κ2) is 9.02. The van der Waals surface area contributed by atoms with E-state index < -0.39 is 0 Å². The van der Waals surface area contributed by atoms with Crippen molar-refractivity contribution < 1.29 is 4.79 Å². The summed E-state index contributed by atoms with van der Waals surface area (Å²) < 4.78 is 0. The summed E-state index contributed by atoms with van der Waals surface area (Å²) in [6, 6.07) is 16.4. The summed E-state index contributed by atoms with van der Waals surface area (Å²) in [6.07, 6.45) is 0. The van der Waals surface area contributed by atoms with Crippen LogP contribution >= 0.6 is 0 Å². The third-order valence-electron chi connectivity index (χ3n) is 5.27. The molecule has 0 saturated carbocycles. The monoisotopic (exact) mass is 366 g/mol. The van der Waals surface area contributed by atoms with Gasteiger partial charge in [0.25, 0.3) is 5.91 Å². The lowest BCUT2D eigenvalue weighted by Gasteiger charge is -2.35. The molecule has 1 heterocycles. The lowest BCUT2D eigenvalue weighted by molar-refractivity contribution is 0.0773. The van der Waals surface area contributed by atoms with Crippen LogP contribution in [0.2, 0.25) is 0 Å². The highest BCUT2D eigenvalue weighted by molar-refractivity contribution is 5.94. The number of amides is 1. The Morgan fingerprint density at radius 3 is 2.33 bits per heavy atom. The minimum atomic E-state index is 0.0919. The zero-order valence-corrected chi connectivity index (χ0v) is 16.3. The lowest BCUT2D eigenvalue weighted by atomic mass is 9.95. The molecule has 0 radical (unpaired) electrons. The van der Waals surface area contributed by atoms with Crippen LogP contribution in [0.1, 0.15) is 41.4 Å². The molecule has 5 nitrogen and oxygen atoms in total. The summed E-state index contributed by atoms with van der Waals surface area (Å²) in [5.41, 5.74) is 9.96. The van der Waals surface area contributed by atoms with Crippen molar-refractivity contribution in [2.75, 3.05) is 45.0 Å². The predicted octanol–water partition coefficient (Wildman–Crippen LogP) is 2.75. The summed E-state index contributed by atoms with van der Waals surface area (Å²) in [6.45, 7) is 9.41. The number of benzene rings is 2. The Morgan fingerprint density at radius 1 is 1.07 bits per heavy atom. The van der Waals surface area contributed by atoms with Gasteiger partial charge in [-0.2, -0.15) is 0 Å². The first-order valence-electron chi connectivity index (χ1n) is 9.83. The molecule has 3 rings (SSSR count). The van der Waals surface area contributed by atoms with Gasteiger partial charge in [-0.3, -0.25) is 9.69 Å². The fourth-order valence-corrected chi connectivity index (χ4v) is 3.78. The molecule has 2 aromatic carbocycles. The number of piperazine rings is 1. The van der Waals surface area contributed by atoms with Crippen LogP contribution in [0.3, 0.4) is 0 Å². The highest BCUT2D eigenvalue weighted by Crippen LogP contribution is 2.30. The summed E-state index contributed by atoms with van der Waals surface area (Å²) in [5, 5.41) is 3.42. The van der Waals surface area contributed by atoms with E-state index in [1.807, 2.05) is 43.0 Å². The van der Waals surface area contributed by atoms with E-state index in [0.717, 1.165) is 50.5 Å². The number of hydrogen-bond acceptors (Lipinski definition) is 4. The van der Waals surface area contributed by atoms with Crippen molar-refractivity contribution in [1.29, 1.82) is 0 Å². The molecule has 5 heteroatoms. The van der Waals surface area contributed by atoms with Crippen molar-refractivity contribution in [3.8, 4) is 0 Å². The fraction of sp³-hybridized carbons (Fsp3) is 0.409. The first-order valence-corrected chi connectivity index (χ1v) is 9.83. The molecule has 27 heavy (non-hydrogen) atoms. The predicted molar refractivity (Wildman–Crippen MR) is 111 cm³/mol. The van der Waals surface area contributed by atoms with Crippen molar-refractivity contribution in [3.05, 3.63) is 65.2 Å². The van der Waals surface area contributed by atoms with E-state index in [9.17, 15) is 4.79 Å². The molecule has 0 unspecified atom stereocenters. The molecule has 0 aliphatic carbocycles. The van der Waals surface area contributed by atoms with Crippen molar-refractivity contribution in [1.82, 2.24) is 15.1 Å². The maximum Gasteiger partial charge on any atom is 0.253 e. The molecule has 0 aromatic heterocycles. The van der Waals surface area contributed by atoms with Gasteiger partial charge in [0.1, 0.15) is 0 Å². The van der Waals surface area contributed by atoms with Gasteiger partial charge in [-0.25, -0.2) is 0 Å². The molecule has 1 aliphatic rings. The van der Waals surface area contributed by atoms with Gasteiger partial charge >= 0.3 is 0 Å².